The molecule has 0 aliphatic rings. The minimum Gasteiger partial charge on any atom is -0.395 e. The Hall–Kier alpha value is -0.930. The van der Waals surface area contributed by atoms with Crippen LogP contribution in [0.5, 0.6) is 0 Å². The summed E-state index contributed by atoms with van der Waals surface area (Å²) in [6.07, 6.45) is 0. The predicted octanol–water partition coefficient (Wildman–Crippen LogP) is 1.34. The van der Waals surface area contributed by atoms with Gasteiger partial charge in [-0.15, -0.1) is 0 Å². The molecule has 0 aliphatic carbocycles. The fourth-order valence-corrected chi connectivity index (χ4v) is 1.64. The lowest BCUT2D eigenvalue weighted by atomic mass is 9.80. The number of aliphatic hydroxyl groups excluding tert-OH is 1. The van der Waals surface area contributed by atoms with Crippen molar-refractivity contribution in [2.24, 2.45) is 5.73 Å². The highest BCUT2D eigenvalue weighted by Gasteiger charge is 2.28. The lowest BCUT2D eigenvalue weighted by Gasteiger charge is -2.28. The molecule has 3 heteroatoms. The van der Waals surface area contributed by atoms with Crippen LogP contribution in [0.2, 0.25) is 0 Å². The highest BCUT2D eigenvalue weighted by molar-refractivity contribution is 5.34. The Labute approximate surface area is 83.6 Å². The lowest BCUT2D eigenvalue weighted by molar-refractivity contribution is 0.206. The minimum atomic E-state index is -0.685. The van der Waals surface area contributed by atoms with Crippen molar-refractivity contribution in [1.82, 2.24) is 0 Å². The van der Waals surface area contributed by atoms with E-state index in [0.717, 1.165) is 5.56 Å². The van der Waals surface area contributed by atoms with E-state index < -0.39 is 5.41 Å². The van der Waals surface area contributed by atoms with Gasteiger partial charge in [0.2, 0.25) is 0 Å². The number of rotatable bonds is 3. The maximum atomic E-state index is 13.6. The summed E-state index contributed by atoms with van der Waals surface area (Å²) < 4.78 is 13.6. The molecule has 0 radical (unpaired) electrons. The molecule has 0 spiro atoms. The third-order valence-electron chi connectivity index (χ3n) is 2.62. The van der Waals surface area contributed by atoms with Crippen molar-refractivity contribution >= 4 is 0 Å². The van der Waals surface area contributed by atoms with Gasteiger partial charge < -0.3 is 10.8 Å². The van der Waals surface area contributed by atoms with E-state index in [4.69, 9.17) is 5.73 Å². The molecule has 1 unspecified atom stereocenters. The summed E-state index contributed by atoms with van der Waals surface area (Å²) >= 11 is 0. The lowest BCUT2D eigenvalue weighted by Crippen LogP contribution is -2.37. The summed E-state index contributed by atoms with van der Waals surface area (Å²) in [6.45, 7) is 3.66. The van der Waals surface area contributed by atoms with Crippen molar-refractivity contribution < 1.29 is 9.50 Å². The smallest absolute Gasteiger partial charge is 0.127 e. The van der Waals surface area contributed by atoms with Crippen molar-refractivity contribution in [2.45, 2.75) is 19.3 Å². The fraction of sp³-hybridized carbons (Fsp3) is 0.455. The number of benzene rings is 1. The van der Waals surface area contributed by atoms with Crippen LogP contribution in [0.3, 0.4) is 0 Å². The maximum Gasteiger partial charge on any atom is 0.127 e. The fourth-order valence-electron chi connectivity index (χ4n) is 1.64. The van der Waals surface area contributed by atoms with Crippen molar-refractivity contribution in [1.29, 1.82) is 0 Å². The first-order valence-corrected chi connectivity index (χ1v) is 4.61. The molecule has 2 nitrogen and oxygen atoms in total. The van der Waals surface area contributed by atoms with Crippen LogP contribution in [0.1, 0.15) is 18.1 Å². The molecule has 0 fully saturated rings. The monoisotopic (exact) mass is 197 g/mol. The number of aryl methyl sites for hydroxylation is 1. The maximum absolute atomic E-state index is 13.6. The predicted molar refractivity (Wildman–Crippen MR) is 54.6 cm³/mol. The van der Waals surface area contributed by atoms with E-state index in [0.29, 0.717) is 5.56 Å². The standard InChI is InChI=1S/C11H16FNO/c1-8-4-3-5-9(12)10(8)11(2,6-13)7-14/h3-5,14H,6-7,13H2,1-2H3. The zero-order valence-corrected chi connectivity index (χ0v) is 8.55. The topological polar surface area (TPSA) is 46.2 Å². The summed E-state index contributed by atoms with van der Waals surface area (Å²) in [6, 6.07) is 4.87. The Morgan fingerprint density at radius 3 is 2.57 bits per heavy atom. The second-order valence-corrected chi connectivity index (χ2v) is 3.85. The Morgan fingerprint density at radius 1 is 1.50 bits per heavy atom. The Morgan fingerprint density at radius 2 is 2.14 bits per heavy atom. The van der Waals surface area contributed by atoms with Crippen molar-refractivity contribution in [2.75, 3.05) is 13.2 Å². The van der Waals surface area contributed by atoms with E-state index in [1.807, 2.05) is 13.0 Å². The van der Waals surface area contributed by atoms with Crippen LogP contribution >= 0.6 is 0 Å². The number of halogens is 1. The van der Waals surface area contributed by atoms with Crippen LogP contribution in [0, 0.1) is 12.7 Å². The second-order valence-electron chi connectivity index (χ2n) is 3.85. The molecule has 1 atom stereocenters. The van der Waals surface area contributed by atoms with E-state index in [1.54, 1.807) is 13.0 Å². The third kappa shape index (κ3) is 1.79. The average molecular weight is 197 g/mol. The van der Waals surface area contributed by atoms with E-state index >= 15 is 0 Å². The van der Waals surface area contributed by atoms with Gasteiger partial charge in [0.1, 0.15) is 5.82 Å². The average Bonchev–Trinajstić information content (AvgIpc) is 2.17. The van der Waals surface area contributed by atoms with Gasteiger partial charge in [-0.2, -0.15) is 0 Å². The van der Waals surface area contributed by atoms with Crippen LogP contribution in [0.4, 0.5) is 4.39 Å². The summed E-state index contributed by atoms with van der Waals surface area (Å²) in [5.74, 6) is -0.299. The number of aliphatic hydroxyl groups is 1. The molecule has 1 rings (SSSR count). The molecule has 0 saturated carbocycles. The first-order valence-electron chi connectivity index (χ1n) is 4.61. The molecule has 0 aliphatic heterocycles. The third-order valence-corrected chi connectivity index (χ3v) is 2.62. The van der Waals surface area contributed by atoms with Gasteiger partial charge in [-0.05, 0) is 18.6 Å². The van der Waals surface area contributed by atoms with Crippen LogP contribution < -0.4 is 5.73 Å². The van der Waals surface area contributed by atoms with E-state index in [9.17, 15) is 9.50 Å². The van der Waals surface area contributed by atoms with Crippen LogP contribution in [0.25, 0.3) is 0 Å². The molecule has 0 saturated heterocycles. The van der Waals surface area contributed by atoms with Gasteiger partial charge in [0.25, 0.3) is 0 Å². The van der Waals surface area contributed by atoms with E-state index in [2.05, 4.69) is 0 Å². The quantitative estimate of drug-likeness (QED) is 0.768. The number of hydrogen-bond acceptors (Lipinski definition) is 2. The molecule has 1 aromatic carbocycles. The van der Waals surface area contributed by atoms with Crippen molar-refractivity contribution in [3.05, 3.63) is 35.1 Å². The normalized spacial score (nSPS) is 15.2. The molecular formula is C11H16FNO. The summed E-state index contributed by atoms with van der Waals surface area (Å²) in [5.41, 5.74) is 6.22. The summed E-state index contributed by atoms with van der Waals surface area (Å²) in [5, 5.41) is 9.24. The molecule has 78 valence electrons. The second kappa shape index (κ2) is 4.07. The van der Waals surface area contributed by atoms with Gasteiger partial charge in [-0.25, -0.2) is 4.39 Å². The van der Waals surface area contributed by atoms with Gasteiger partial charge in [-0.1, -0.05) is 19.1 Å². The zero-order chi connectivity index (χ0) is 10.8. The Kier molecular flexibility index (Phi) is 3.24. The zero-order valence-electron chi connectivity index (χ0n) is 8.55. The van der Waals surface area contributed by atoms with Crippen molar-refractivity contribution in [3.63, 3.8) is 0 Å². The first-order chi connectivity index (χ1) is 6.55. The molecule has 0 amide bonds. The van der Waals surface area contributed by atoms with Crippen LogP contribution in [-0.4, -0.2) is 18.3 Å². The molecule has 0 aromatic heterocycles. The SMILES string of the molecule is Cc1cccc(F)c1C(C)(CN)CO. The number of hydrogen-bond donors (Lipinski definition) is 2. The van der Waals surface area contributed by atoms with Gasteiger partial charge in [0.15, 0.2) is 0 Å². The van der Waals surface area contributed by atoms with E-state index in [1.165, 1.54) is 6.07 Å². The Bertz CT molecular complexity index is 301. The minimum absolute atomic E-state index is 0.148. The first kappa shape index (κ1) is 11.1. The molecule has 3 N–H and O–H groups in total. The van der Waals surface area contributed by atoms with Crippen molar-refractivity contribution in [3.8, 4) is 0 Å². The van der Waals surface area contributed by atoms with Gasteiger partial charge in [0, 0.05) is 17.5 Å². The molecule has 1 aromatic rings. The van der Waals surface area contributed by atoms with Gasteiger partial charge in [-0.3, -0.25) is 0 Å². The number of nitrogens with two attached hydrogens (primary N) is 1. The molecule has 0 heterocycles. The van der Waals surface area contributed by atoms with Crippen LogP contribution in [-0.2, 0) is 5.41 Å². The molecule has 14 heavy (non-hydrogen) atoms. The Balaban J connectivity index is 3.29. The summed E-state index contributed by atoms with van der Waals surface area (Å²) in [4.78, 5) is 0. The highest BCUT2D eigenvalue weighted by atomic mass is 19.1. The van der Waals surface area contributed by atoms with Gasteiger partial charge >= 0.3 is 0 Å². The largest absolute Gasteiger partial charge is 0.395 e. The molecular weight excluding hydrogens is 181 g/mol. The highest BCUT2D eigenvalue weighted by Crippen LogP contribution is 2.27. The van der Waals surface area contributed by atoms with Crippen LogP contribution in [0.15, 0.2) is 18.2 Å². The van der Waals surface area contributed by atoms with E-state index in [-0.39, 0.29) is 19.0 Å². The summed E-state index contributed by atoms with van der Waals surface area (Å²) in [7, 11) is 0. The molecule has 0 bridgehead atoms. The van der Waals surface area contributed by atoms with Gasteiger partial charge in [0.05, 0.1) is 6.61 Å².